The van der Waals surface area contributed by atoms with Crippen molar-refractivity contribution in [2.24, 2.45) is 0 Å². The summed E-state index contributed by atoms with van der Waals surface area (Å²) < 4.78 is 5.75. The van der Waals surface area contributed by atoms with E-state index in [0.29, 0.717) is 22.5 Å². The zero-order valence-corrected chi connectivity index (χ0v) is 14.4. The van der Waals surface area contributed by atoms with E-state index in [1.54, 1.807) is 6.07 Å². The lowest BCUT2D eigenvalue weighted by Crippen LogP contribution is -2.21. The summed E-state index contributed by atoms with van der Waals surface area (Å²) in [5.41, 5.74) is 3.79. The second-order valence-corrected chi connectivity index (χ2v) is 6.90. The predicted octanol–water partition coefficient (Wildman–Crippen LogP) is 4.06. The highest BCUT2D eigenvalue weighted by Gasteiger charge is 2.35. The topological polar surface area (TPSA) is 59.3 Å². The smallest absolute Gasteiger partial charge is 0.288 e. The summed E-state index contributed by atoms with van der Waals surface area (Å²) in [5, 5.41) is 3.39. The number of carbonyl (C=O) groups is 1. The minimum Gasteiger partial charge on any atom is -0.450 e. The van der Waals surface area contributed by atoms with Crippen molar-refractivity contribution in [1.82, 2.24) is 5.32 Å². The number of amides is 1. The number of aryl methyl sites for hydroxylation is 1. The van der Waals surface area contributed by atoms with Crippen molar-refractivity contribution in [2.45, 2.75) is 32.7 Å². The van der Waals surface area contributed by atoms with Crippen molar-refractivity contribution in [3.05, 3.63) is 80.7 Å². The van der Waals surface area contributed by atoms with E-state index in [1.807, 2.05) is 43.3 Å². The Hall–Kier alpha value is -2.88. The Morgan fingerprint density at radius 2 is 1.76 bits per heavy atom. The lowest BCUT2D eigenvalue weighted by molar-refractivity contribution is 0.0938. The molecule has 0 radical (unpaired) electrons. The lowest BCUT2D eigenvalue weighted by atomic mass is 9.96. The molecule has 1 amide bonds. The molecule has 0 bridgehead atoms. The molecule has 2 aromatic carbocycles. The third-order valence-corrected chi connectivity index (χ3v) is 4.79. The Kier molecular flexibility index (Phi) is 3.49. The van der Waals surface area contributed by atoms with Gasteiger partial charge < -0.3 is 9.73 Å². The number of fused-ring (bicyclic) bond motifs is 2. The van der Waals surface area contributed by atoms with Crippen molar-refractivity contribution in [3.63, 3.8) is 0 Å². The number of carbonyl (C=O) groups excluding carboxylic acids is 1. The van der Waals surface area contributed by atoms with Gasteiger partial charge in [-0.1, -0.05) is 49.7 Å². The molecule has 0 fully saturated rings. The van der Waals surface area contributed by atoms with Gasteiger partial charge in [-0.2, -0.15) is 0 Å². The molecule has 4 rings (SSSR count). The first-order chi connectivity index (χ1) is 12.0. The van der Waals surface area contributed by atoms with Gasteiger partial charge in [-0.25, -0.2) is 0 Å². The molecule has 0 aliphatic carbocycles. The molecule has 1 aliphatic rings. The SMILES string of the molecule is Cc1ccc2oc3c(c(=O)c2c1)C(c1ccc(C(C)C)cc1)NC3=O. The molecule has 1 aromatic heterocycles. The van der Waals surface area contributed by atoms with Gasteiger partial charge in [0.25, 0.3) is 5.91 Å². The summed E-state index contributed by atoms with van der Waals surface area (Å²) in [5.74, 6) is 0.211. The molecule has 4 heteroatoms. The zero-order valence-electron chi connectivity index (χ0n) is 14.4. The Bertz CT molecular complexity index is 1050. The fourth-order valence-corrected chi connectivity index (χ4v) is 3.35. The van der Waals surface area contributed by atoms with Crippen LogP contribution in [0.1, 0.15) is 58.6 Å². The van der Waals surface area contributed by atoms with Crippen LogP contribution in [0.5, 0.6) is 0 Å². The number of rotatable bonds is 2. The minimum absolute atomic E-state index is 0.124. The van der Waals surface area contributed by atoms with Gasteiger partial charge in [0.2, 0.25) is 5.76 Å². The Morgan fingerprint density at radius 3 is 2.44 bits per heavy atom. The van der Waals surface area contributed by atoms with E-state index >= 15 is 0 Å². The second-order valence-electron chi connectivity index (χ2n) is 6.90. The van der Waals surface area contributed by atoms with Crippen LogP contribution in [0.25, 0.3) is 11.0 Å². The highest BCUT2D eigenvalue weighted by Crippen LogP contribution is 2.31. The molecular weight excluding hydrogens is 314 g/mol. The molecule has 1 unspecified atom stereocenters. The van der Waals surface area contributed by atoms with Crippen LogP contribution in [-0.2, 0) is 0 Å². The maximum atomic E-state index is 13.0. The minimum atomic E-state index is -0.468. The van der Waals surface area contributed by atoms with Crippen molar-refractivity contribution in [3.8, 4) is 0 Å². The monoisotopic (exact) mass is 333 g/mol. The molecule has 0 saturated heterocycles. The van der Waals surface area contributed by atoms with E-state index in [1.165, 1.54) is 5.56 Å². The standard InChI is InChI=1S/C21H19NO3/c1-11(2)13-5-7-14(8-6-13)18-17-19(23)15-10-12(3)4-9-16(15)25-20(17)21(24)22-18/h4-11,18H,1-3H3,(H,22,24). The summed E-state index contributed by atoms with van der Waals surface area (Å²) >= 11 is 0. The molecule has 0 spiro atoms. The highest BCUT2D eigenvalue weighted by atomic mass is 16.3. The van der Waals surface area contributed by atoms with E-state index in [2.05, 4.69) is 19.2 Å². The molecule has 4 nitrogen and oxygen atoms in total. The van der Waals surface area contributed by atoms with Crippen molar-refractivity contribution < 1.29 is 9.21 Å². The molecule has 3 aromatic rings. The predicted molar refractivity (Wildman–Crippen MR) is 97.1 cm³/mol. The van der Waals surface area contributed by atoms with Crippen LogP contribution >= 0.6 is 0 Å². The molecule has 1 N–H and O–H groups in total. The van der Waals surface area contributed by atoms with Crippen LogP contribution < -0.4 is 10.7 Å². The molecule has 1 atom stereocenters. The summed E-state index contributed by atoms with van der Waals surface area (Å²) in [4.78, 5) is 25.4. The Morgan fingerprint density at radius 1 is 1.04 bits per heavy atom. The van der Waals surface area contributed by atoms with Gasteiger partial charge in [0.1, 0.15) is 5.58 Å². The van der Waals surface area contributed by atoms with Crippen LogP contribution in [0.2, 0.25) is 0 Å². The summed E-state index contributed by atoms with van der Waals surface area (Å²) in [6, 6.07) is 13.0. The summed E-state index contributed by atoms with van der Waals surface area (Å²) in [6.45, 7) is 6.19. The quantitative estimate of drug-likeness (QED) is 0.769. The van der Waals surface area contributed by atoms with E-state index in [0.717, 1.165) is 11.1 Å². The first-order valence-corrected chi connectivity index (χ1v) is 8.44. The molecule has 25 heavy (non-hydrogen) atoms. The first-order valence-electron chi connectivity index (χ1n) is 8.44. The lowest BCUT2D eigenvalue weighted by Gasteiger charge is -2.13. The van der Waals surface area contributed by atoms with Crippen LogP contribution in [-0.4, -0.2) is 5.91 Å². The van der Waals surface area contributed by atoms with E-state index in [4.69, 9.17) is 4.42 Å². The fraction of sp³-hybridized carbons (Fsp3) is 0.238. The van der Waals surface area contributed by atoms with Crippen LogP contribution in [0, 0.1) is 6.92 Å². The molecule has 2 heterocycles. The summed E-state index contributed by atoms with van der Waals surface area (Å²) in [6.07, 6.45) is 0. The normalized spacial score (nSPS) is 16.3. The van der Waals surface area contributed by atoms with E-state index < -0.39 is 6.04 Å². The number of benzene rings is 2. The van der Waals surface area contributed by atoms with Gasteiger partial charge >= 0.3 is 0 Å². The average Bonchev–Trinajstić information content (AvgIpc) is 2.93. The molecule has 126 valence electrons. The van der Waals surface area contributed by atoms with Gasteiger partial charge in [-0.05, 0) is 36.1 Å². The molecule has 0 saturated carbocycles. The first kappa shape index (κ1) is 15.6. The average molecular weight is 333 g/mol. The van der Waals surface area contributed by atoms with Gasteiger partial charge in [0.05, 0.1) is 17.0 Å². The largest absolute Gasteiger partial charge is 0.450 e. The van der Waals surface area contributed by atoms with Crippen LogP contribution in [0.3, 0.4) is 0 Å². The number of hydrogen-bond acceptors (Lipinski definition) is 3. The molecular formula is C21H19NO3. The van der Waals surface area contributed by atoms with E-state index in [9.17, 15) is 9.59 Å². The second kappa shape index (κ2) is 5.59. The Balaban J connectivity index is 1.90. The fourth-order valence-electron chi connectivity index (χ4n) is 3.35. The number of hydrogen-bond donors (Lipinski definition) is 1. The summed E-state index contributed by atoms with van der Waals surface area (Å²) in [7, 11) is 0. The Labute approximate surface area is 145 Å². The third kappa shape index (κ3) is 2.45. The highest BCUT2D eigenvalue weighted by molar-refractivity contribution is 5.99. The van der Waals surface area contributed by atoms with Gasteiger partial charge in [0.15, 0.2) is 5.43 Å². The van der Waals surface area contributed by atoms with Crippen LogP contribution in [0.4, 0.5) is 0 Å². The zero-order chi connectivity index (χ0) is 17.7. The maximum absolute atomic E-state index is 13.0. The third-order valence-electron chi connectivity index (χ3n) is 4.79. The number of nitrogens with one attached hydrogen (secondary N) is 1. The van der Waals surface area contributed by atoms with E-state index in [-0.39, 0.29) is 17.1 Å². The van der Waals surface area contributed by atoms with Crippen LogP contribution in [0.15, 0.2) is 51.7 Å². The van der Waals surface area contributed by atoms with Gasteiger partial charge in [-0.15, -0.1) is 0 Å². The van der Waals surface area contributed by atoms with Gasteiger partial charge in [0, 0.05) is 0 Å². The van der Waals surface area contributed by atoms with Crippen molar-refractivity contribution in [2.75, 3.05) is 0 Å². The maximum Gasteiger partial charge on any atom is 0.288 e. The molecule has 1 aliphatic heterocycles. The van der Waals surface area contributed by atoms with Crippen molar-refractivity contribution in [1.29, 1.82) is 0 Å². The van der Waals surface area contributed by atoms with Crippen molar-refractivity contribution >= 4 is 16.9 Å². The van der Waals surface area contributed by atoms with Gasteiger partial charge in [-0.3, -0.25) is 9.59 Å².